The summed E-state index contributed by atoms with van der Waals surface area (Å²) < 4.78 is 10.2. The number of fused-ring (bicyclic) bond motifs is 1. The number of cyclic esters (lactones) is 1. The van der Waals surface area contributed by atoms with Gasteiger partial charge in [0.2, 0.25) is 0 Å². The quantitative estimate of drug-likeness (QED) is 0.618. The fourth-order valence-electron chi connectivity index (χ4n) is 2.80. The fraction of sp³-hybridized carbons (Fsp3) is 0.529. The highest BCUT2D eigenvalue weighted by molar-refractivity contribution is 5.96. The topological polar surface area (TPSA) is 93.1 Å². The van der Waals surface area contributed by atoms with Gasteiger partial charge in [-0.15, -0.1) is 0 Å². The van der Waals surface area contributed by atoms with E-state index < -0.39 is 5.97 Å². The molecule has 2 rings (SSSR count). The Balaban J connectivity index is 1.91. The largest absolute Gasteiger partial charge is 0.508 e. The lowest BCUT2D eigenvalue weighted by molar-refractivity contribution is -0.141. The van der Waals surface area contributed by atoms with Crippen molar-refractivity contribution in [3.63, 3.8) is 0 Å². The van der Waals surface area contributed by atoms with E-state index in [1.54, 1.807) is 6.92 Å². The number of hydrogen-bond acceptors (Lipinski definition) is 6. The second-order valence-corrected chi connectivity index (χ2v) is 5.81. The summed E-state index contributed by atoms with van der Waals surface area (Å²) in [6.07, 6.45) is 3.41. The van der Waals surface area contributed by atoms with Crippen LogP contribution in [0.5, 0.6) is 11.5 Å². The Morgan fingerprint density at radius 3 is 2.74 bits per heavy atom. The van der Waals surface area contributed by atoms with E-state index >= 15 is 0 Å². The molecule has 0 aromatic heterocycles. The summed E-state index contributed by atoms with van der Waals surface area (Å²) in [5.74, 6) is -1.08. The molecule has 0 bridgehead atoms. The van der Waals surface area contributed by atoms with Crippen LogP contribution in [0.4, 0.5) is 0 Å². The van der Waals surface area contributed by atoms with Gasteiger partial charge >= 0.3 is 11.9 Å². The maximum Gasteiger partial charge on any atom is 0.342 e. The summed E-state index contributed by atoms with van der Waals surface area (Å²) in [6, 6.07) is 1.17. The molecule has 0 amide bonds. The standard InChI is InChI=1S/C17H22O6/c1-10-13-8-12(6-4-3-5-7-22-11(2)18)23-17(21)16(13)15(20)9-14(10)19/h9,12,19-20H,3-8H2,1-2H3/t12-/m1/s1. The van der Waals surface area contributed by atoms with Crippen molar-refractivity contribution in [1.29, 1.82) is 0 Å². The number of benzene rings is 1. The van der Waals surface area contributed by atoms with Gasteiger partial charge in [-0.05, 0) is 43.7 Å². The summed E-state index contributed by atoms with van der Waals surface area (Å²) in [6.45, 7) is 3.51. The first-order valence-electron chi connectivity index (χ1n) is 7.79. The highest BCUT2D eigenvalue weighted by Crippen LogP contribution is 2.36. The summed E-state index contributed by atoms with van der Waals surface area (Å²) in [5.41, 5.74) is 1.42. The van der Waals surface area contributed by atoms with Gasteiger partial charge in [0.15, 0.2) is 0 Å². The van der Waals surface area contributed by atoms with Crippen LogP contribution in [0.3, 0.4) is 0 Å². The van der Waals surface area contributed by atoms with Crippen LogP contribution >= 0.6 is 0 Å². The third-order valence-corrected chi connectivity index (χ3v) is 4.05. The van der Waals surface area contributed by atoms with Crippen LogP contribution in [-0.4, -0.2) is 34.9 Å². The zero-order valence-electron chi connectivity index (χ0n) is 13.4. The van der Waals surface area contributed by atoms with Crippen molar-refractivity contribution in [3.8, 4) is 11.5 Å². The van der Waals surface area contributed by atoms with Crippen molar-refractivity contribution < 1.29 is 29.3 Å². The molecule has 6 heteroatoms. The number of carbonyl (C=O) groups excluding carboxylic acids is 2. The molecule has 0 spiro atoms. The Hall–Kier alpha value is -2.24. The molecular weight excluding hydrogens is 300 g/mol. The zero-order chi connectivity index (χ0) is 17.0. The van der Waals surface area contributed by atoms with Gasteiger partial charge in [0.05, 0.1) is 6.61 Å². The highest BCUT2D eigenvalue weighted by atomic mass is 16.5. The van der Waals surface area contributed by atoms with Crippen LogP contribution < -0.4 is 0 Å². The third-order valence-electron chi connectivity index (χ3n) is 4.05. The second-order valence-electron chi connectivity index (χ2n) is 5.81. The van der Waals surface area contributed by atoms with Crippen molar-refractivity contribution in [2.45, 2.75) is 52.1 Å². The Labute approximate surface area is 135 Å². The van der Waals surface area contributed by atoms with Gasteiger partial charge in [0.25, 0.3) is 0 Å². The van der Waals surface area contributed by atoms with Crippen LogP contribution in [0.15, 0.2) is 6.07 Å². The van der Waals surface area contributed by atoms with E-state index in [9.17, 15) is 19.8 Å². The molecule has 1 aliphatic heterocycles. The summed E-state index contributed by atoms with van der Waals surface area (Å²) in [5, 5.41) is 19.6. The number of phenols is 2. The van der Waals surface area contributed by atoms with E-state index in [2.05, 4.69) is 0 Å². The first kappa shape index (κ1) is 17.1. The average molecular weight is 322 g/mol. The summed E-state index contributed by atoms with van der Waals surface area (Å²) in [7, 11) is 0. The number of carbonyl (C=O) groups is 2. The number of phenolic OH excluding ortho intramolecular Hbond substituents is 2. The number of rotatable bonds is 6. The van der Waals surface area contributed by atoms with Gasteiger partial charge in [0, 0.05) is 19.4 Å². The Kier molecular flexibility index (Phi) is 5.47. The summed E-state index contributed by atoms with van der Waals surface area (Å²) in [4.78, 5) is 22.7. The Bertz CT molecular complexity index is 608. The lowest BCUT2D eigenvalue weighted by Gasteiger charge is -2.26. The van der Waals surface area contributed by atoms with E-state index in [0.29, 0.717) is 30.6 Å². The molecule has 6 nitrogen and oxygen atoms in total. The lowest BCUT2D eigenvalue weighted by Crippen LogP contribution is -2.28. The monoisotopic (exact) mass is 322 g/mol. The first-order chi connectivity index (χ1) is 10.9. The number of esters is 2. The van der Waals surface area contributed by atoms with E-state index in [0.717, 1.165) is 19.3 Å². The smallest absolute Gasteiger partial charge is 0.342 e. The molecule has 0 aliphatic carbocycles. The molecule has 1 aromatic carbocycles. The van der Waals surface area contributed by atoms with E-state index in [-0.39, 0.29) is 29.1 Å². The molecule has 0 radical (unpaired) electrons. The van der Waals surface area contributed by atoms with Crippen molar-refractivity contribution in [2.24, 2.45) is 0 Å². The maximum atomic E-state index is 12.1. The van der Waals surface area contributed by atoms with Gasteiger partial charge in [-0.25, -0.2) is 4.79 Å². The molecule has 1 atom stereocenters. The third kappa shape index (κ3) is 4.15. The number of hydrogen-bond donors (Lipinski definition) is 2. The van der Waals surface area contributed by atoms with Gasteiger partial charge in [-0.2, -0.15) is 0 Å². The SMILES string of the molecule is CC(=O)OCCCCC[C@@H]1Cc2c(C)c(O)cc(O)c2C(=O)O1. The summed E-state index contributed by atoms with van der Waals surface area (Å²) >= 11 is 0. The van der Waals surface area contributed by atoms with Gasteiger partial charge in [0.1, 0.15) is 23.2 Å². The lowest BCUT2D eigenvalue weighted by atomic mass is 9.91. The molecule has 1 heterocycles. The van der Waals surface area contributed by atoms with Crippen LogP contribution in [0.25, 0.3) is 0 Å². The Morgan fingerprint density at radius 1 is 1.30 bits per heavy atom. The molecule has 1 aliphatic rings. The number of ether oxygens (including phenoxy) is 2. The van der Waals surface area contributed by atoms with Gasteiger partial charge < -0.3 is 19.7 Å². The maximum absolute atomic E-state index is 12.1. The van der Waals surface area contributed by atoms with Gasteiger partial charge in [-0.1, -0.05) is 0 Å². The minimum atomic E-state index is -0.545. The first-order valence-corrected chi connectivity index (χ1v) is 7.79. The molecule has 23 heavy (non-hydrogen) atoms. The second kappa shape index (κ2) is 7.35. The number of unbranched alkanes of at least 4 members (excludes halogenated alkanes) is 2. The van der Waals surface area contributed by atoms with E-state index in [1.165, 1.54) is 13.0 Å². The predicted molar refractivity (Wildman–Crippen MR) is 82.5 cm³/mol. The minimum Gasteiger partial charge on any atom is -0.508 e. The van der Waals surface area contributed by atoms with Crippen molar-refractivity contribution in [1.82, 2.24) is 0 Å². The molecule has 0 unspecified atom stereocenters. The molecule has 126 valence electrons. The normalized spacial score (nSPS) is 16.6. The average Bonchev–Trinajstić information content (AvgIpc) is 2.47. The van der Waals surface area contributed by atoms with Crippen molar-refractivity contribution in [3.05, 3.63) is 22.8 Å². The van der Waals surface area contributed by atoms with Crippen LogP contribution in [0, 0.1) is 6.92 Å². The van der Waals surface area contributed by atoms with Crippen molar-refractivity contribution >= 4 is 11.9 Å². The van der Waals surface area contributed by atoms with Crippen LogP contribution in [0.2, 0.25) is 0 Å². The molecule has 2 N–H and O–H groups in total. The van der Waals surface area contributed by atoms with Gasteiger partial charge in [-0.3, -0.25) is 4.79 Å². The Morgan fingerprint density at radius 2 is 2.04 bits per heavy atom. The highest BCUT2D eigenvalue weighted by Gasteiger charge is 2.31. The van der Waals surface area contributed by atoms with E-state index in [4.69, 9.17) is 9.47 Å². The van der Waals surface area contributed by atoms with Crippen molar-refractivity contribution in [2.75, 3.05) is 6.61 Å². The van der Waals surface area contributed by atoms with Crippen LogP contribution in [-0.2, 0) is 20.7 Å². The predicted octanol–water partition coefficient (Wildman–Crippen LogP) is 2.61. The van der Waals surface area contributed by atoms with E-state index in [1.807, 2.05) is 0 Å². The fourth-order valence-corrected chi connectivity index (χ4v) is 2.80. The molecule has 0 fully saturated rings. The number of aromatic hydroxyl groups is 2. The minimum absolute atomic E-state index is 0.0175. The molecule has 0 saturated heterocycles. The van der Waals surface area contributed by atoms with Crippen LogP contribution in [0.1, 0.15) is 54.1 Å². The molecular formula is C17H22O6. The molecule has 1 aromatic rings. The zero-order valence-corrected chi connectivity index (χ0v) is 13.4. The molecule has 0 saturated carbocycles.